The molecule has 8 heteroatoms. The number of hydrogen-bond acceptors (Lipinski definition) is 5. The summed E-state index contributed by atoms with van der Waals surface area (Å²) >= 11 is 0. The zero-order valence-electron chi connectivity index (χ0n) is 10.2. The Kier molecular flexibility index (Phi) is 4.43. The molecule has 1 aromatic carbocycles. The second kappa shape index (κ2) is 5.89. The van der Waals surface area contributed by atoms with Crippen molar-refractivity contribution >= 4 is 25.5 Å². The highest BCUT2D eigenvalue weighted by Gasteiger charge is 2.25. The fourth-order valence-electron chi connectivity index (χ4n) is 1.89. The third-order valence-electron chi connectivity index (χ3n) is 2.88. The van der Waals surface area contributed by atoms with Gasteiger partial charge in [-0.2, -0.15) is 4.31 Å². The van der Waals surface area contributed by atoms with Crippen LogP contribution in [-0.2, 0) is 9.06 Å². The van der Waals surface area contributed by atoms with Gasteiger partial charge in [0.2, 0.25) is 0 Å². The molecule has 6 nitrogen and oxygen atoms in total. The van der Waals surface area contributed by atoms with Gasteiger partial charge in [-0.3, -0.25) is 10.1 Å². The summed E-state index contributed by atoms with van der Waals surface area (Å²) in [4.78, 5) is 10.5. The van der Waals surface area contributed by atoms with Gasteiger partial charge in [0.25, 0.3) is 14.7 Å². The van der Waals surface area contributed by atoms with Crippen LogP contribution < -0.4 is 0 Å². The number of benzene rings is 1. The number of nitro benzene ring substituents is 1. The third-order valence-corrected chi connectivity index (χ3v) is 6.39. The predicted octanol–water partition coefficient (Wildman–Crippen LogP) is 2.42. The second-order valence-corrected chi connectivity index (χ2v) is 8.03. The molecular weight excluding hydrogens is 288 g/mol. The fraction of sp³-hybridized carbons (Fsp3) is 0.455. The topological polar surface area (TPSA) is 80.5 Å². The molecule has 0 unspecified atom stereocenters. The summed E-state index contributed by atoms with van der Waals surface area (Å²) in [5.41, 5.74) is -0.0419. The molecular formula is C11H14N2O4S2. The molecule has 1 fully saturated rings. The molecule has 0 bridgehead atoms. The summed E-state index contributed by atoms with van der Waals surface area (Å²) < 4.78 is 25.7. The molecule has 0 aliphatic carbocycles. The summed E-state index contributed by atoms with van der Waals surface area (Å²) in [5.74, 6) is 0. The smallest absolute Gasteiger partial charge is 0.258 e. The van der Waals surface area contributed by atoms with Gasteiger partial charge in [-0.05, 0) is 25.0 Å². The van der Waals surface area contributed by atoms with Crippen molar-refractivity contribution in [2.45, 2.75) is 24.2 Å². The number of nitro groups is 1. The predicted molar refractivity (Wildman–Crippen MR) is 73.3 cm³/mol. The average Bonchev–Trinajstić information content (AvgIpc) is 2.40. The molecule has 0 radical (unpaired) electrons. The van der Waals surface area contributed by atoms with Gasteiger partial charge < -0.3 is 0 Å². The second-order valence-electron chi connectivity index (χ2n) is 4.25. The molecule has 0 aromatic heterocycles. The van der Waals surface area contributed by atoms with Gasteiger partial charge in [0.1, 0.15) is 0 Å². The first-order chi connectivity index (χ1) is 8.99. The molecule has 1 aromatic rings. The van der Waals surface area contributed by atoms with Crippen LogP contribution in [0, 0.1) is 10.1 Å². The summed E-state index contributed by atoms with van der Waals surface area (Å²) in [7, 11) is -2.64. The molecule has 0 spiro atoms. The Labute approximate surface area is 115 Å². The number of nitrogens with zero attached hydrogens (tertiary/aromatic N) is 2. The van der Waals surface area contributed by atoms with E-state index in [1.807, 2.05) is 0 Å². The molecule has 0 N–H and O–H groups in total. The van der Waals surface area contributed by atoms with Crippen LogP contribution in [-0.4, -0.2) is 30.7 Å². The lowest BCUT2D eigenvalue weighted by Crippen LogP contribution is -2.33. The zero-order valence-corrected chi connectivity index (χ0v) is 11.8. The molecule has 0 atom stereocenters. The third kappa shape index (κ3) is 3.68. The van der Waals surface area contributed by atoms with E-state index in [-0.39, 0.29) is 5.69 Å². The van der Waals surface area contributed by atoms with E-state index in [1.54, 1.807) is 0 Å². The Hall–Kier alpha value is -1.12. The lowest BCUT2D eigenvalue weighted by Gasteiger charge is -2.24. The van der Waals surface area contributed by atoms with Crippen LogP contribution in [0.1, 0.15) is 19.3 Å². The fourth-order valence-corrected chi connectivity index (χ4v) is 5.01. The van der Waals surface area contributed by atoms with Gasteiger partial charge in [0, 0.05) is 40.9 Å². The van der Waals surface area contributed by atoms with Gasteiger partial charge in [-0.25, -0.2) is 8.42 Å². The molecule has 1 aliphatic heterocycles. The summed E-state index contributed by atoms with van der Waals surface area (Å²) in [6.07, 6.45) is 2.84. The SMILES string of the molecule is O=[N+]([O-])c1ccc(SS(=O)(=O)N2CCCCC2)cc1. The Morgan fingerprint density at radius 2 is 1.68 bits per heavy atom. The first-order valence-corrected chi connectivity index (χ1v) is 8.70. The van der Waals surface area contributed by atoms with E-state index < -0.39 is 14.0 Å². The molecule has 0 amide bonds. The molecule has 2 rings (SSSR count). The quantitative estimate of drug-likeness (QED) is 0.485. The largest absolute Gasteiger partial charge is 0.271 e. The number of non-ortho nitro benzene ring substituents is 1. The number of rotatable bonds is 4. The molecule has 1 aliphatic rings. The summed E-state index contributed by atoms with van der Waals surface area (Å²) in [5, 5.41) is 10.5. The van der Waals surface area contributed by atoms with E-state index in [0.29, 0.717) is 18.0 Å². The highest BCUT2D eigenvalue weighted by molar-refractivity contribution is 8.71. The molecule has 1 heterocycles. The Morgan fingerprint density at radius 3 is 2.21 bits per heavy atom. The number of hydrogen-bond donors (Lipinski definition) is 0. The van der Waals surface area contributed by atoms with E-state index in [4.69, 9.17) is 0 Å². The maximum atomic E-state index is 12.1. The van der Waals surface area contributed by atoms with E-state index in [2.05, 4.69) is 0 Å². The summed E-state index contributed by atoms with van der Waals surface area (Å²) in [6.45, 7) is 1.12. The van der Waals surface area contributed by atoms with Gasteiger partial charge in [-0.1, -0.05) is 6.42 Å². The van der Waals surface area contributed by atoms with Crippen molar-refractivity contribution in [2.75, 3.05) is 13.1 Å². The van der Waals surface area contributed by atoms with Crippen molar-refractivity contribution < 1.29 is 13.3 Å². The van der Waals surface area contributed by atoms with E-state index in [0.717, 1.165) is 30.1 Å². The standard InChI is InChI=1S/C11H14N2O4S2/c14-13(15)10-4-6-11(7-5-10)18-19(16,17)12-8-2-1-3-9-12/h4-7H,1-3,8-9H2. The Balaban J connectivity index is 2.09. The van der Waals surface area contributed by atoms with Crippen molar-refractivity contribution in [1.82, 2.24) is 4.31 Å². The van der Waals surface area contributed by atoms with Crippen molar-refractivity contribution in [3.8, 4) is 0 Å². The first-order valence-electron chi connectivity index (χ1n) is 5.93. The minimum Gasteiger partial charge on any atom is -0.258 e. The van der Waals surface area contributed by atoms with Crippen LogP contribution >= 0.6 is 10.8 Å². The van der Waals surface area contributed by atoms with Crippen LogP contribution in [0.5, 0.6) is 0 Å². The van der Waals surface area contributed by atoms with Gasteiger partial charge in [0.15, 0.2) is 0 Å². The van der Waals surface area contributed by atoms with Crippen molar-refractivity contribution in [3.05, 3.63) is 34.4 Å². The van der Waals surface area contributed by atoms with Gasteiger partial charge in [0.05, 0.1) is 4.92 Å². The lowest BCUT2D eigenvalue weighted by molar-refractivity contribution is -0.384. The van der Waals surface area contributed by atoms with Crippen LogP contribution in [0.15, 0.2) is 29.2 Å². The van der Waals surface area contributed by atoms with Crippen molar-refractivity contribution in [2.24, 2.45) is 0 Å². The highest BCUT2D eigenvalue weighted by atomic mass is 33.1. The maximum Gasteiger partial charge on any atom is 0.271 e. The van der Waals surface area contributed by atoms with Crippen molar-refractivity contribution in [1.29, 1.82) is 0 Å². The average molecular weight is 302 g/mol. The van der Waals surface area contributed by atoms with Gasteiger partial charge >= 0.3 is 0 Å². The van der Waals surface area contributed by atoms with Crippen LogP contribution in [0.2, 0.25) is 0 Å². The van der Waals surface area contributed by atoms with E-state index in [1.165, 1.54) is 28.6 Å². The van der Waals surface area contributed by atoms with Crippen molar-refractivity contribution in [3.63, 3.8) is 0 Å². The van der Waals surface area contributed by atoms with Gasteiger partial charge in [-0.15, -0.1) is 0 Å². The lowest BCUT2D eigenvalue weighted by atomic mass is 10.2. The normalized spacial score (nSPS) is 17.3. The van der Waals surface area contributed by atoms with E-state index in [9.17, 15) is 18.5 Å². The van der Waals surface area contributed by atoms with E-state index >= 15 is 0 Å². The highest BCUT2D eigenvalue weighted by Crippen LogP contribution is 2.30. The minimum atomic E-state index is -3.39. The Bertz CT molecular complexity index is 551. The minimum absolute atomic E-state index is 0.0419. The molecule has 104 valence electrons. The maximum absolute atomic E-state index is 12.1. The zero-order chi connectivity index (χ0) is 13.9. The number of piperidine rings is 1. The molecule has 19 heavy (non-hydrogen) atoms. The first kappa shape index (κ1) is 14.3. The van der Waals surface area contributed by atoms with Crippen LogP contribution in [0.25, 0.3) is 0 Å². The van der Waals surface area contributed by atoms with Crippen LogP contribution in [0.3, 0.4) is 0 Å². The summed E-state index contributed by atoms with van der Waals surface area (Å²) in [6, 6.07) is 5.55. The van der Waals surface area contributed by atoms with Crippen LogP contribution in [0.4, 0.5) is 5.69 Å². The monoisotopic (exact) mass is 302 g/mol. The molecule has 1 saturated heterocycles. The Morgan fingerprint density at radius 1 is 1.11 bits per heavy atom. The molecule has 0 saturated carbocycles.